The predicted molar refractivity (Wildman–Crippen MR) is 92.1 cm³/mol. The predicted octanol–water partition coefficient (Wildman–Crippen LogP) is 3.53. The average molecular weight is 363 g/mol. The van der Waals surface area contributed by atoms with Crippen molar-refractivity contribution >= 4 is 27.5 Å². The van der Waals surface area contributed by atoms with E-state index in [-0.39, 0.29) is 5.91 Å². The molecule has 1 amide bonds. The third-order valence-electron chi connectivity index (χ3n) is 3.11. The van der Waals surface area contributed by atoms with Gasteiger partial charge in [-0.3, -0.25) is 9.69 Å². The van der Waals surface area contributed by atoms with Gasteiger partial charge < -0.3 is 10.1 Å². The fraction of sp³-hybridized carbons (Fsp3) is 0.235. The molecule has 5 heteroatoms. The van der Waals surface area contributed by atoms with Crippen molar-refractivity contribution < 1.29 is 9.53 Å². The number of anilines is 1. The summed E-state index contributed by atoms with van der Waals surface area (Å²) in [6, 6.07) is 15.4. The number of hydrogen-bond acceptors (Lipinski definition) is 3. The van der Waals surface area contributed by atoms with E-state index in [0.29, 0.717) is 13.1 Å². The zero-order valence-corrected chi connectivity index (χ0v) is 14.3. The highest BCUT2D eigenvalue weighted by atomic mass is 79.9. The Morgan fingerprint density at radius 2 is 2.00 bits per heavy atom. The smallest absolute Gasteiger partial charge is 0.238 e. The Hall–Kier alpha value is -1.85. The Balaban J connectivity index is 1.88. The van der Waals surface area contributed by atoms with Crippen molar-refractivity contribution in [2.24, 2.45) is 0 Å². The van der Waals surface area contributed by atoms with Crippen molar-refractivity contribution in [1.82, 2.24) is 4.90 Å². The third-order valence-corrected chi connectivity index (χ3v) is 3.60. The van der Waals surface area contributed by atoms with Gasteiger partial charge in [0.05, 0.1) is 13.7 Å². The van der Waals surface area contributed by atoms with E-state index in [1.807, 2.05) is 60.5 Å². The van der Waals surface area contributed by atoms with Gasteiger partial charge in [0, 0.05) is 16.7 Å². The minimum Gasteiger partial charge on any atom is -0.497 e. The van der Waals surface area contributed by atoms with Crippen molar-refractivity contribution in [3.8, 4) is 5.75 Å². The fourth-order valence-electron chi connectivity index (χ4n) is 2.15. The van der Waals surface area contributed by atoms with Crippen molar-refractivity contribution in [3.63, 3.8) is 0 Å². The third kappa shape index (κ3) is 5.16. The summed E-state index contributed by atoms with van der Waals surface area (Å²) in [6.07, 6.45) is 0. The molecule has 22 heavy (non-hydrogen) atoms. The highest BCUT2D eigenvalue weighted by molar-refractivity contribution is 9.10. The van der Waals surface area contributed by atoms with E-state index in [2.05, 4.69) is 21.2 Å². The lowest BCUT2D eigenvalue weighted by molar-refractivity contribution is -0.117. The van der Waals surface area contributed by atoms with Crippen LogP contribution in [0.25, 0.3) is 0 Å². The summed E-state index contributed by atoms with van der Waals surface area (Å²) in [5.74, 6) is 0.785. The lowest BCUT2D eigenvalue weighted by Crippen LogP contribution is -2.29. The lowest BCUT2D eigenvalue weighted by atomic mass is 10.2. The summed E-state index contributed by atoms with van der Waals surface area (Å²) in [5, 5.41) is 2.89. The van der Waals surface area contributed by atoms with E-state index in [1.165, 1.54) is 0 Å². The van der Waals surface area contributed by atoms with E-state index in [1.54, 1.807) is 7.11 Å². The second-order valence-electron chi connectivity index (χ2n) is 5.08. The maximum Gasteiger partial charge on any atom is 0.238 e. The molecule has 4 nitrogen and oxygen atoms in total. The molecular weight excluding hydrogens is 344 g/mol. The molecule has 0 radical (unpaired) electrons. The minimum atomic E-state index is -0.0384. The Kier molecular flexibility index (Phi) is 5.98. The summed E-state index contributed by atoms with van der Waals surface area (Å²) in [6.45, 7) is 1.01. The van der Waals surface area contributed by atoms with Crippen LogP contribution in [0.2, 0.25) is 0 Å². The topological polar surface area (TPSA) is 41.6 Å². The average Bonchev–Trinajstić information content (AvgIpc) is 2.47. The van der Waals surface area contributed by atoms with E-state index >= 15 is 0 Å². The van der Waals surface area contributed by atoms with Crippen LogP contribution in [0.1, 0.15) is 5.56 Å². The highest BCUT2D eigenvalue weighted by Gasteiger charge is 2.08. The number of methoxy groups -OCH3 is 1. The van der Waals surface area contributed by atoms with Crippen LogP contribution in [0.15, 0.2) is 53.0 Å². The van der Waals surface area contributed by atoms with Gasteiger partial charge in [-0.1, -0.05) is 34.1 Å². The van der Waals surface area contributed by atoms with Crippen molar-refractivity contribution in [3.05, 3.63) is 58.6 Å². The monoisotopic (exact) mass is 362 g/mol. The molecule has 0 saturated carbocycles. The molecule has 0 unspecified atom stereocenters. The van der Waals surface area contributed by atoms with Gasteiger partial charge in [-0.05, 0) is 42.9 Å². The first kappa shape index (κ1) is 16.5. The number of nitrogens with one attached hydrogen (secondary N) is 1. The van der Waals surface area contributed by atoms with Crippen LogP contribution < -0.4 is 10.1 Å². The van der Waals surface area contributed by atoms with Gasteiger partial charge in [0.25, 0.3) is 0 Å². The molecule has 0 atom stereocenters. The molecule has 0 fully saturated rings. The second-order valence-corrected chi connectivity index (χ2v) is 6.00. The molecule has 0 aromatic heterocycles. The zero-order chi connectivity index (χ0) is 15.9. The minimum absolute atomic E-state index is 0.0384. The summed E-state index contributed by atoms with van der Waals surface area (Å²) >= 11 is 3.39. The quantitative estimate of drug-likeness (QED) is 0.854. The maximum atomic E-state index is 12.1. The van der Waals surface area contributed by atoms with Crippen LogP contribution in [0, 0.1) is 0 Å². The lowest BCUT2D eigenvalue weighted by Gasteiger charge is -2.17. The second kappa shape index (κ2) is 7.96. The Morgan fingerprint density at radius 1 is 1.23 bits per heavy atom. The van der Waals surface area contributed by atoms with Crippen LogP contribution >= 0.6 is 15.9 Å². The number of carbonyl (C=O) groups is 1. The number of carbonyl (C=O) groups excluding carboxylic acids is 1. The number of likely N-dealkylation sites (N-methyl/N-ethyl adjacent to an activating group) is 1. The molecular formula is C17H19BrN2O2. The van der Waals surface area contributed by atoms with Crippen LogP contribution in [0.4, 0.5) is 5.69 Å². The number of hydrogen-bond donors (Lipinski definition) is 1. The number of nitrogens with zero attached hydrogens (tertiary/aromatic N) is 1. The van der Waals surface area contributed by atoms with Crippen molar-refractivity contribution in [1.29, 1.82) is 0 Å². The Morgan fingerprint density at radius 3 is 2.73 bits per heavy atom. The van der Waals surface area contributed by atoms with E-state index < -0.39 is 0 Å². The molecule has 0 spiro atoms. The zero-order valence-electron chi connectivity index (χ0n) is 12.7. The van der Waals surface area contributed by atoms with Crippen LogP contribution in [0.3, 0.4) is 0 Å². The first-order valence-electron chi connectivity index (χ1n) is 6.93. The van der Waals surface area contributed by atoms with Crippen LogP contribution in [-0.4, -0.2) is 31.5 Å². The first-order valence-corrected chi connectivity index (χ1v) is 7.73. The molecule has 0 saturated heterocycles. The molecule has 0 aliphatic heterocycles. The number of halogens is 1. The fourth-order valence-corrected chi connectivity index (χ4v) is 2.55. The molecule has 2 aromatic carbocycles. The van der Waals surface area contributed by atoms with Gasteiger partial charge in [-0.25, -0.2) is 0 Å². The molecule has 0 heterocycles. The molecule has 0 aliphatic carbocycles. The molecule has 2 rings (SSSR count). The Bertz CT molecular complexity index is 646. The largest absolute Gasteiger partial charge is 0.497 e. The number of rotatable bonds is 6. The van der Waals surface area contributed by atoms with Crippen molar-refractivity contribution in [2.45, 2.75) is 6.54 Å². The maximum absolute atomic E-state index is 12.1. The SMILES string of the molecule is COc1cccc(CN(C)CC(=O)Nc2cccc(Br)c2)c1. The molecule has 1 N–H and O–H groups in total. The number of amides is 1. The molecule has 116 valence electrons. The van der Waals surface area contributed by atoms with Crippen molar-refractivity contribution in [2.75, 3.05) is 26.0 Å². The number of ether oxygens (including phenoxy) is 1. The number of benzene rings is 2. The van der Waals surface area contributed by atoms with Gasteiger partial charge >= 0.3 is 0 Å². The highest BCUT2D eigenvalue weighted by Crippen LogP contribution is 2.16. The van der Waals surface area contributed by atoms with Gasteiger partial charge in [0.15, 0.2) is 0 Å². The molecule has 2 aromatic rings. The standard InChI is InChI=1S/C17H19BrN2O2/c1-20(11-13-5-3-8-16(9-13)22-2)12-17(21)19-15-7-4-6-14(18)10-15/h3-10H,11-12H2,1-2H3,(H,19,21). The van der Waals surface area contributed by atoms with E-state index in [0.717, 1.165) is 21.5 Å². The summed E-state index contributed by atoms with van der Waals surface area (Å²) in [5.41, 5.74) is 1.89. The van der Waals surface area contributed by atoms with Gasteiger partial charge in [-0.2, -0.15) is 0 Å². The van der Waals surface area contributed by atoms with Gasteiger partial charge in [0.1, 0.15) is 5.75 Å². The Labute approximate surface area is 139 Å². The van der Waals surface area contributed by atoms with Crippen LogP contribution in [-0.2, 0) is 11.3 Å². The summed E-state index contributed by atoms with van der Waals surface area (Å²) in [7, 11) is 3.56. The van der Waals surface area contributed by atoms with Gasteiger partial charge in [-0.15, -0.1) is 0 Å². The van der Waals surface area contributed by atoms with E-state index in [9.17, 15) is 4.79 Å². The summed E-state index contributed by atoms with van der Waals surface area (Å²) in [4.78, 5) is 14.0. The molecule has 0 bridgehead atoms. The first-order chi connectivity index (χ1) is 10.6. The molecule has 0 aliphatic rings. The summed E-state index contributed by atoms with van der Waals surface area (Å²) < 4.78 is 6.15. The van der Waals surface area contributed by atoms with Gasteiger partial charge in [0.2, 0.25) is 5.91 Å². The van der Waals surface area contributed by atoms with Crippen LogP contribution in [0.5, 0.6) is 5.75 Å². The normalized spacial score (nSPS) is 10.5. The van der Waals surface area contributed by atoms with E-state index in [4.69, 9.17) is 4.74 Å².